The van der Waals surface area contributed by atoms with E-state index in [0.29, 0.717) is 6.04 Å². The molecule has 0 saturated heterocycles. The Labute approximate surface area is 130 Å². The molecule has 0 aliphatic heterocycles. The second-order valence-electron chi connectivity index (χ2n) is 6.79. The summed E-state index contributed by atoms with van der Waals surface area (Å²) in [4.78, 5) is 0. The van der Waals surface area contributed by atoms with Crippen molar-refractivity contribution in [1.29, 1.82) is 0 Å². The van der Waals surface area contributed by atoms with Crippen LogP contribution < -0.4 is 10.1 Å². The van der Waals surface area contributed by atoms with Crippen molar-refractivity contribution in [2.75, 3.05) is 6.54 Å². The summed E-state index contributed by atoms with van der Waals surface area (Å²) in [5.74, 6) is 2.66. The first-order valence-electron chi connectivity index (χ1n) is 8.60. The Hall–Kier alpha value is -1.02. The van der Waals surface area contributed by atoms with Crippen LogP contribution in [0.15, 0.2) is 24.3 Å². The second kappa shape index (κ2) is 7.84. The Balaban J connectivity index is 2.13. The fourth-order valence-corrected chi connectivity index (χ4v) is 3.45. The van der Waals surface area contributed by atoms with E-state index in [9.17, 15) is 0 Å². The van der Waals surface area contributed by atoms with Gasteiger partial charge in [0.1, 0.15) is 5.75 Å². The SMILES string of the molecule is CCNC(c1cccc(OC(C)C)c1)C1CCC(C)CC1. The normalized spacial score (nSPS) is 24.0. The molecule has 2 heteroatoms. The molecule has 118 valence electrons. The smallest absolute Gasteiger partial charge is 0.120 e. The summed E-state index contributed by atoms with van der Waals surface area (Å²) in [7, 11) is 0. The number of hydrogen-bond acceptors (Lipinski definition) is 2. The van der Waals surface area contributed by atoms with Crippen molar-refractivity contribution in [3.63, 3.8) is 0 Å². The number of hydrogen-bond donors (Lipinski definition) is 1. The molecule has 0 radical (unpaired) electrons. The summed E-state index contributed by atoms with van der Waals surface area (Å²) in [6.45, 7) is 9.77. The summed E-state index contributed by atoms with van der Waals surface area (Å²) < 4.78 is 5.86. The van der Waals surface area contributed by atoms with Crippen LogP contribution in [0.5, 0.6) is 5.75 Å². The Bertz CT molecular complexity index is 421. The Morgan fingerprint density at radius 3 is 2.52 bits per heavy atom. The van der Waals surface area contributed by atoms with Gasteiger partial charge in [-0.25, -0.2) is 0 Å². The Morgan fingerprint density at radius 2 is 1.90 bits per heavy atom. The average Bonchev–Trinajstić information content (AvgIpc) is 2.45. The molecule has 1 aromatic rings. The topological polar surface area (TPSA) is 21.3 Å². The third kappa shape index (κ3) is 4.74. The molecule has 0 heterocycles. The molecule has 1 unspecified atom stereocenters. The minimum Gasteiger partial charge on any atom is -0.491 e. The zero-order valence-electron chi connectivity index (χ0n) is 14.1. The lowest BCUT2D eigenvalue weighted by atomic mass is 9.77. The summed E-state index contributed by atoms with van der Waals surface area (Å²) in [6.07, 6.45) is 5.65. The van der Waals surface area contributed by atoms with Gasteiger partial charge in [0.2, 0.25) is 0 Å². The van der Waals surface area contributed by atoms with Gasteiger partial charge in [-0.1, -0.05) is 38.8 Å². The molecule has 1 aliphatic carbocycles. The first-order chi connectivity index (χ1) is 10.1. The highest BCUT2D eigenvalue weighted by molar-refractivity contribution is 5.31. The Morgan fingerprint density at radius 1 is 1.19 bits per heavy atom. The van der Waals surface area contributed by atoms with Gasteiger partial charge in [0.05, 0.1) is 6.10 Å². The van der Waals surface area contributed by atoms with E-state index in [2.05, 4.69) is 57.3 Å². The van der Waals surface area contributed by atoms with E-state index in [1.54, 1.807) is 0 Å². The van der Waals surface area contributed by atoms with Crippen LogP contribution in [0.25, 0.3) is 0 Å². The van der Waals surface area contributed by atoms with Crippen molar-refractivity contribution in [3.8, 4) is 5.75 Å². The van der Waals surface area contributed by atoms with Gasteiger partial charge in [-0.15, -0.1) is 0 Å². The molecule has 0 bridgehead atoms. The van der Waals surface area contributed by atoms with Crippen LogP contribution in [0, 0.1) is 11.8 Å². The lowest BCUT2D eigenvalue weighted by Gasteiger charge is -2.33. The van der Waals surface area contributed by atoms with Crippen molar-refractivity contribution < 1.29 is 4.74 Å². The van der Waals surface area contributed by atoms with E-state index >= 15 is 0 Å². The van der Waals surface area contributed by atoms with Gasteiger partial charge in [-0.3, -0.25) is 0 Å². The zero-order chi connectivity index (χ0) is 15.2. The standard InChI is InChI=1S/C19H31NO/c1-5-20-19(16-11-9-15(4)10-12-16)17-7-6-8-18(13-17)21-14(2)3/h6-8,13-16,19-20H,5,9-12H2,1-4H3. The molecule has 1 atom stereocenters. The van der Waals surface area contributed by atoms with Crippen LogP contribution in [0.1, 0.15) is 65.0 Å². The van der Waals surface area contributed by atoms with E-state index in [4.69, 9.17) is 4.74 Å². The number of rotatable bonds is 6. The summed E-state index contributed by atoms with van der Waals surface area (Å²) >= 11 is 0. The van der Waals surface area contributed by atoms with Gasteiger partial charge >= 0.3 is 0 Å². The Kier molecular flexibility index (Phi) is 6.10. The molecule has 1 aromatic carbocycles. The fourth-order valence-electron chi connectivity index (χ4n) is 3.45. The third-order valence-electron chi connectivity index (χ3n) is 4.54. The minimum absolute atomic E-state index is 0.230. The number of nitrogens with one attached hydrogen (secondary N) is 1. The molecule has 1 saturated carbocycles. The first-order valence-corrected chi connectivity index (χ1v) is 8.60. The van der Waals surface area contributed by atoms with Crippen molar-refractivity contribution in [3.05, 3.63) is 29.8 Å². The third-order valence-corrected chi connectivity index (χ3v) is 4.54. The molecule has 0 spiro atoms. The monoisotopic (exact) mass is 289 g/mol. The molecular formula is C19H31NO. The predicted molar refractivity (Wildman–Crippen MR) is 89.7 cm³/mol. The van der Waals surface area contributed by atoms with E-state index in [1.165, 1.54) is 31.2 Å². The highest BCUT2D eigenvalue weighted by atomic mass is 16.5. The van der Waals surface area contributed by atoms with Gasteiger partial charge in [0, 0.05) is 6.04 Å². The van der Waals surface area contributed by atoms with Crippen molar-refractivity contribution in [1.82, 2.24) is 5.32 Å². The number of ether oxygens (including phenoxy) is 1. The lowest BCUT2D eigenvalue weighted by molar-refractivity contribution is 0.229. The predicted octanol–water partition coefficient (Wildman–Crippen LogP) is 4.95. The molecular weight excluding hydrogens is 258 g/mol. The maximum Gasteiger partial charge on any atom is 0.120 e. The van der Waals surface area contributed by atoms with Gasteiger partial charge in [0.25, 0.3) is 0 Å². The van der Waals surface area contributed by atoms with Crippen LogP contribution in [0.3, 0.4) is 0 Å². The van der Waals surface area contributed by atoms with Crippen LogP contribution in [0.4, 0.5) is 0 Å². The average molecular weight is 289 g/mol. The van der Waals surface area contributed by atoms with E-state index in [-0.39, 0.29) is 6.10 Å². The molecule has 1 fully saturated rings. The molecule has 1 N–H and O–H groups in total. The van der Waals surface area contributed by atoms with E-state index in [1.807, 2.05) is 0 Å². The van der Waals surface area contributed by atoms with Crippen molar-refractivity contribution in [2.24, 2.45) is 11.8 Å². The molecule has 0 aromatic heterocycles. The van der Waals surface area contributed by atoms with Gasteiger partial charge < -0.3 is 10.1 Å². The summed E-state index contributed by atoms with van der Waals surface area (Å²) in [5, 5.41) is 3.71. The van der Waals surface area contributed by atoms with Crippen LogP contribution >= 0.6 is 0 Å². The quantitative estimate of drug-likeness (QED) is 0.800. The van der Waals surface area contributed by atoms with Gasteiger partial charge in [-0.2, -0.15) is 0 Å². The highest BCUT2D eigenvalue weighted by Gasteiger charge is 2.26. The second-order valence-corrected chi connectivity index (χ2v) is 6.79. The summed E-state index contributed by atoms with van der Waals surface area (Å²) in [6, 6.07) is 9.14. The molecule has 1 aliphatic rings. The van der Waals surface area contributed by atoms with Crippen molar-refractivity contribution in [2.45, 2.75) is 65.5 Å². The largest absolute Gasteiger partial charge is 0.491 e. The first kappa shape index (κ1) is 16.4. The maximum atomic E-state index is 5.86. The van der Waals surface area contributed by atoms with Gasteiger partial charge in [0.15, 0.2) is 0 Å². The van der Waals surface area contributed by atoms with Crippen LogP contribution in [-0.2, 0) is 0 Å². The molecule has 2 rings (SSSR count). The van der Waals surface area contributed by atoms with Crippen molar-refractivity contribution >= 4 is 0 Å². The lowest BCUT2D eigenvalue weighted by Crippen LogP contribution is -2.30. The van der Waals surface area contributed by atoms with Gasteiger partial charge in [-0.05, 0) is 62.8 Å². The van der Waals surface area contributed by atoms with Crippen LogP contribution in [-0.4, -0.2) is 12.6 Å². The molecule has 0 amide bonds. The highest BCUT2D eigenvalue weighted by Crippen LogP contribution is 2.37. The summed E-state index contributed by atoms with van der Waals surface area (Å²) in [5.41, 5.74) is 1.38. The van der Waals surface area contributed by atoms with E-state index in [0.717, 1.165) is 24.1 Å². The minimum atomic E-state index is 0.230. The fraction of sp³-hybridized carbons (Fsp3) is 0.684. The number of benzene rings is 1. The molecule has 2 nitrogen and oxygen atoms in total. The van der Waals surface area contributed by atoms with Crippen LogP contribution in [0.2, 0.25) is 0 Å². The maximum absolute atomic E-state index is 5.86. The molecule has 21 heavy (non-hydrogen) atoms. The zero-order valence-corrected chi connectivity index (χ0v) is 14.1. The van der Waals surface area contributed by atoms with E-state index < -0.39 is 0 Å².